The van der Waals surface area contributed by atoms with Gasteiger partial charge in [0.25, 0.3) is 5.91 Å². The first-order chi connectivity index (χ1) is 11.1. The fourth-order valence-electron chi connectivity index (χ4n) is 1.83. The molecule has 0 unspecified atom stereocenters. The molecule has 0 atom stereocenters. The Morgan fingerprint density at radius 2 is 1.83 bits per heavy atom. The molecule has 23 heavy (non-hydrogen) atoms. The van der Waals surface area contributed by atoms with Gasteiger partial charge in [-0.15, -0.1) is 0 Å². The van der Waals surface area contributed by atoms with Gasteiger partial charge in [0.15, 0.2) is 6.61 Å². The Labute approximate surface area is 133 Å². The summed E-state index contributed by atoms with van der Waals surface area (Å²) in [6.07, 6.45) is 0. The normalized spacial score (nSPS) is 9.57. The van der Waals surface area contributed by atoms with E-state index in [4.69, 9.17) is 10.00 Å². The fraction of sp³-hybridized carbons (Fsp3) is 0.118. The summed E-state index contributed by atoms with van der Waals surface area (Å²) in [5.74, 6) is -0.381. The van der Waals surface area contributed by atoms with Crippen LogP contribution in [0.2, 0.25) is 0 Å². The Morgan fingerprint density at radius 1 is 1.13 bits per heavy atom. The van der Waals surface area contributed by atoms with Crippen LogP contribution in [0.3, 0.4) is 0 Å². The van der Waals surface area contributed by atoms with E-state index in [1.165, 1.54) is 7.11 Å². The predicted molar refractivity (Wildman–Crippen MR) is 83.1 cm³/mol. The summed E-state index contributed by atoms with van der Waals surface area (Å²) in [7, 11) is 1.30. The second-order valence-electron chi connectivity index (χ2n) is 4.51. The summed E-state index contributed by atoms with van der Waals surface area (Å²) in [6.45, 7) is -0.211. The number of nitrogens with one attached hydrogen (secondary N) is 1. The summed E-state index contributed by atoms with van der Waals surface area (Å²) in [6, 6.07) is 14.9. The molecule has 0 aliphatic rings. The van der Waals surface area contributed by atoms with Crippen molar-refractivity contribution in [3.05, 3.63) is 59.7 Å². The average Bonchev–Trinajstić information content (AvgIpc) is 2.60. The van der Waals surface area contributed by atoms with Crippen LogP contribution < -0.4 is 10.1 Å². The van der Waals surface area contributed by atoms with Crippen LogP contribution in [0.4, 0.5) is 5.69 Å². The van der Waals surface area contributed by atoms with E-state index < -0.39 is 5.97 Å². The van der Waals surface area contributed by atoms with Gasteiger partial charge in [-0.25, -0.2) is 4.79 Å². The lowest BCUT2D eigenvalue weighted by atomic mass is 10.2. The molecule has 0 aliphatic carbocycles. The minimum absolute atomic E-state index is 0.211. The lowest BCUT2D eigenvalue weighted by molar-refractivity contribution is -0.118. The van der Waals surface area contributed by atoms with Crippen LogP contribution in [0.25, 0.3) is 0 Å². The van der Waals surface area contributed by atoms with E-state index in [0.717, 1.165) is 0 Å². The highest BCUT2D eigenvalue weighted by molar-refractivity contribution is 5.93. The van der Waals surface area contributed by atoms with E-state index in [-0.39, 0.29) is 12.5 Å². The summed E-state index contributed by atoms with van der Waals surface area (Å²) >= 11 is 0. The molecule has 116 valence electrons. The van der Waals surface area contributed by atoms with Crippen LogP contribution in [0.1, 0.15) is 15.9 Å². The Kier molecular flexibility index (Phi) is 5.31. The van der Waals surface area contributed by atoms with Gasteiger partial charge in [0.2, 0.25) is 0 Å². The van der Waals surface area contributed by atoms with Crippen molar-refractivity contribution in [2.24, 2.45) is 0 Å². The maximum atomic E-state index is 11.9. The Balaban J connectivity index is 1.92. The van der Waals surface area contributed by atoms with Crippen molar-refractivity contribution in [2.75, 3.05) is 19.0 Å². The number of anilines is 1. The van der Waals surface area contributed by atoms with Crippen molar-refractivity contribution in [1.29, 1.82) is 5.26 Å². The second kappa shape index (κ2) is 7.61. The molecule has 0 spiro atoms. The van der Waals surface area contributed by atoms with Crippen molar-refractivity contribution in [1.82, 2.24) is 0 Å². The minimum Gasteiger partial charge on any atom is -0.484 e. The summed E-state index contributed by atoms with van der Waals surface area (Å²) < 4.78 is 9.93. The third-order valence-electron chi connectivity index (χ3n) is 2.97. The summed E-state index contributed by atoms with van der Waals surface area (Å²) in [5, 5.41) is 11.6. The van der Waals surface area contributed by atoms with E-state index in [1.807, 2.05) is 6.07 Å². The highest BCUT2D eigenvalue weighted by Crippen LogP contribution is 2.15. The first-order valence-electron chi connectivity index (χ1n) is 6.74. The Hall–Kier alpha value is -3.33. The molecule has 6 nitrogen and oxygen atoms in total. The van der Waals surface area contributed by atoms with E-state index in [2.05, 4.69) is 10.1 Å². The van der Waals surface area contributed by atoms with Gasteiger partial charge in [0.1, 0.15) is 11.8 Å². The number of amides is 1. The molecule has 0 heterocycles. The van der Waals surface area contributed by atoms with Crippen molar-refractivity contribution in [3.8, 4) is 11.8 Å². The number of benzene rings is 2. The van der Waals surface area contributed by atoms with Gasteiger partial charge in [-0.3, -0.25) is 4.79 Å². The zero-order valence-corrected chi connectivity index (χ0v) is 12.4. The number of hydrogen-bond acceptors (Lipinski definition) is 5. The highest BCUT2D eigenvalue weighted by atomic mass is 16.5. The Bertz CT molecular complexity index is 748. The van der Waals surface area contributed by atoms with Gasteiger partial charge in [-0.05, 0) is 36.4 Å². The highest BCUT2D eigenvalue weighted by Gasteiger charge is 2.08. The van der Waals surface area contributed by atoms with Crippen LogP contribution in [0, 0.1) is 11.3 Å². The number of ether oxygens (including phenoxy) is 2. The molecule has 0 aliphatic heterocycles. The standard InChI is InChI=1S/C17H14N2O4/c1-22-17(21)12-6-8-14(9-7-12)23-11-16(20)19-15-5-3-2-4-13(15)10-18/h2-9H,11H2,1H3,(H,19,20). The van der Waals surface area contributed by atoms with Gasteiger partial charge in [0, 0.05) is 0 Å². The number of nitriles is 1. The minimum atomic E-state index is -0.442. The molecule has 0 aromatic heterocycles. The topological polar surface area (TPSA) is 88.4 Å². The molecule has 0 saturated heterocycles. The van der Waals surface area contributed by atoms with Crippen LogP contribution in [-0.2, 0) is 9.53 Å². The number of esters is 1. The maximum Gasteiger partial charge on any atom is 0.337 e. The van der Waals surface area contributed by atoms with Gasteiger partial charge >= 0.3 is 5.97 Å². The van der Waals surface area contributed by atoms with E-state index >= 15 is 0 Å². The largest absolute Gasteiger partial charge is 0.484 e. The molecular weight excluding hydrogens is 296 g/mol. The molecule has 2 aromatic carbocycles. The van der Waals surface area contributed by atoms with Crippen LogP contribution in [0.5, 0.6) is 5.75 Å². The molecular formula is C17H14N2O4. The van der Waals surface area contributed by atoms with Crippen molar-refractivity contribution < 1.29 is 19.1 Å². The lowest BCUT2D eigenvalue weighted by Crippen LogP contribution is -2.20. The van der Waals surface area contributed by atoms with Crippen molar-refractivity contribution in [2.45, 2.75) is 0 Å². The first kappa shape index (κ1) is 16.0. The van der Waals surface area contributed by atoms with Gasteiger partial charge in [0.05, 0.1) is 23.9 Å². The third-order valence-corrected chi connectivity index (χ3v) is 2.97. The quantitative estimate of drug-likeness (QED) is 0.856. The summed E-state index contributed by atoms with van der Waals surface area (Å²) in [4.78, 5) is 23.2. The number of methoxy groups -OCH3 is 1. The van der Waals surface area contributed by atoms with Gasteiger partial charge in [-0.1, -0.05) is 12.1 Å². The second-order valence-corrected chi connectivity index (χ2v) is 4.51. The van der Waals surface area contributed by atoms with Gasteiger partial charge in [-0.2, -0.15) is 5.26 Å². The van der Waals surface area contributed by atoms with E-state index in [9.17, 15) is 9.59 Å². The zero-order chi connectivity index (χ0) is 16.7. The smallest absolute Gasteiger partial charge is 0.337 e. The maximum absolute atomic E-state index is 11.9. The summed E-state index contributed by atoms with van der Waals surface area (Å²) in [5.41, 5.74) is 1.21. The molecule has 0 bridgehead atoms. The number of nitrogens with zero attached hydrogens (tertiary/aromatic N) is 1. The number of carbonyl (C=O) groups is 2. The Morgan fingerprint density at radius 3 is 2.48 bits per heavy atom. The van der Waals surface area contributed by atoms with Crippen molar-refractivity contribution in [3.63, 3.8) is 0 Å². The number of rotatable bonds is 5. The molecule has 0 fully saturated rings. The molecule has 1 N–H and O–H groups in total. The molecule has 2 aromatic rings. The van der Waals surface area contributed by atoms with Crippen LogP contribution >= 0.6 is 0 Å². The molecule has 0 radical (unpaired) electrons. The van der Waals surface area contributed by atoms with E-state index in [0.29, 0.717) is 22.6 Å². The molecule has 1 amide bonds. The van der Waals surface area contributed by atoms with Crippen molar-refractivity contribution >= 4 is 17.6 Å². The lowest BCUT2D eigenvalue weighted by Gasteiger charge is -2.09. The zero-order valence-electron chi connectivity index (χ0n) is 12.4. The number of para-hydroxylation sites is 1. The number of hydrogen-bond donors (Lipinski definition) is 1. The SMILES string of the molecule is COC(=O)c1ccc(OCC(=O)Nc2ccccc2C#N)cc1. The third kappa shape index (κ3) is 4.32. The average molecular weight is 310 g/mol. The van der Waals surface area contributed by atoms with E-state index in [1.54, 1.807) is 48.5 Å². The van der Waals surface area contributed by atoms with Gasteiger partial charge < -0.3 is 14.8 Å². The molecule has 6 heteroatoms. The molecule has 0 saturated carbocycles. The van der Waals surface area contributed by atoms with Crippen LogP contribution in [-0.4, -0.2) is 25.6 Å². The number of carbonyl (C=O) groups excluding carboxylic acids is 2. The fourth-order valence-corrected chi connectivity index (χ4v) is 1.83. The molecule has 2 rings (SSSR count). The predicted octanol–water partition coefficient (Wildman–Crippen LogP) is 2.36. The monoisotopic (exact) mass is 310 g/mol. The first-order valence-corrected chi connectivity index (χ1v) is 6.74. The van der Waals surface area contributed by atoms with Crippen LogP contribution in [0.15, 0.2) is 48.5 Å².